The fourth-order valence-electron chi connectivity index (χ4n) is 0. The maximum absolute atomic E-state index is 8.56. The minimum absolute atomic E-state index is 0. The van der Waals surface area contributed by atoms with Crippen LogP contribution >= 0.6 is 0 Å². The van der Waals surface area contributed by atoms with Crippen LogP contribution in [0.2, 0.25) is 0 Å². The third kappa shape index (κ3) is 116000. The minimum atomic E-state index is -1.83. The summed E-state index contributed by atoms with van der Waals surface area (Å²) in [5, 5.41) is 13.9. The largest absolute Gasteiger partial charge is 1.00 e. The molecule has 0 aromatic heterocycles. The SMILES string of the molecule is O.O.O.O.O.O.O.O.O.O.O=C(O)O.[H-].[Na+]. The van der Waals surface area contributed by atoms with E-state index in [-0.39, 0.29) is 85.7 Å². The number of rotatable bonds is 0. The molecule has 106 valence electrons. The van der Waals surface area contributed by atoms with Gasteiger partial charge in [0.15, 0.2) is 0 Å². The summed E-state index contributed by atoms with van der Waals surface area (Å²) in [6.07, 6.45) is -1.83. The number of hydrogen-bond donors (Lipinski definition) is 2. The van der Waals surface area contributed by atoms with Crippen LogP contribution in [0, 0.1) is 0 Å². The van der Waals surface area contributed by atoms with Crippen molar-refractivity contribution in [2.75, 3.05) is 0 Å². The van der Waals surface area contributed by atoms with E-state index >= 15 is 0 Å². The molecule has 0 radical (unpaired) electrons. The van der Waals surface area contributed by atoms with Crippen LogP contribution in [-0.2, 0) is 0 Å². The van der Waals surface area contributed by atoms with Crippen LogP contribution in [0.3, 0.4) is 0 Å². The van der Waals surface area contributed by atoms with Crippen LogP contribution in [0.5, 0.6) is 0 Å². The second-order valence-electron chi connectivity index (χ2n) is 0.283. The monoisotopic (exact) mass is 266 g/mol. The van der Waals surface area contributed by atoms with E-state index in [2.05, 4.69) is 0 Å². The Kier molecular flexibility index (Phi) is 6460. The van der Waals surface area contributed by atoms with Crippen molar-refractivity contribution < 1.29 is 101 Å². The van der Waals surface area contributed by atoms with Gasteiger partial charge in [0.05, 0.1) is 0 Å². The van der Waals surface area contributed by atoms with Gasteiger partial charge >= 0.3 is 35.7 Å². The quantitative estimate of drug-likeness (QED) is 0.403. The van der Waals surface area contributed by atoms with E-state index in [0.717, 1.165) is 0 Å². The molecular weight excluding hydrogens is 243 g/mol. The molecule has 13 nitrogen and oxygen atoms in total. The molecule has 0 atom stereocenters. The molecule has 15 heavy (non-hydrogen) atoms. The minimum Gasteiger partial charge on any atom is -1.00 e. The van der Waals surface area contributed by atoms with Gasteiger partial charge in [-0.25, -0.2) is 4.79 Å². The fraction of sp³-hybridized carbons (Fsp3) is 0. The molecule has 0 aliphatic heterocycles. The van der Waals surface area contributed by atoms with Gasteiger partial charge in [-0.3, -0.25) is 0 Å². The fourth-order valence-corrected chi connectivity index (χ4v) is 0. The molecule has 0 amide bonds. The normalized spacial score (nSPS) is 1.60. The average molecular weight is 266 g/mol. The maximum atomic E-state index is 8.56. The molecule has 0 aromatic rings. The van der Waals surface area contributed by atoms with Crippen molar-refractivity contribution >= 4 is 6.16 Å². The molecule has 0 unspecified atom stereocenters. The molecule has 0 fully saturated rings. The second-order valence-corrected chi connectivity index (χ2v) is 0.283. The molecular formula is CH23NaO13. The van der Waals surface area contributed by atoms with E-state index in [1.165, 1.54) is 0 Å². The van der Waals surface area contributed by atoms with E-state index in [1.54, 1.807) is 0 Å². The second kappa shape index (κ2) is 279. The summed E-state index contributed by atoms with van der Waals surface area (Å²) in [5.41, 5.74) is 0. The average Bonchev–Trinajstić information content (AvgIpc) is 0.811. The maximum Gasteiger partial charge on any atom is 1.00 e. The van der Waals surface area contributed by atoms with Crippen molar-refractivity contribution in [2.24, 2.45) is 0 Å². The molecule has 0 bridgehead atoms. The van der Waals surface area contributed by atoms with Gasteiger partial charge in [0.2, 0.25) is 0 Å². The molecule has 0 spiro atoms. The Labute approximate surface area is 107 Å². The Morgan fingerprint density at radius 1 is 0.600 bits per heavy atom. The summed E-state index contributed by atoms with van der Waals surface area (Å²) < 4.78 is 0. The van der Waals surface area contributed by atoms with Gasteiger partial charge < -0.3 is 66.4 Å². The summed E-state index contributed by atoms with van der Waals surface area (Å²) in [6.45, 7) is 0. The number of hydrogen-bond acceptors (Lipinski definition) is 1. The first-order valence-electron chi connectivity index (χ1n) is 0.651. The summed E-state index contributed by atoms with van der Waals surface area (Å²) >= 11 is 0. The van der Waals surface area contributed by atoms with Gasteiger partial charge in [0, 0.05) is 0 Å². The van der Waals surface area contributed by atoms with E-state index in [0.29, 0.717) is 0 Å². The van der Waals surface area contributed by atoms with Crippen LogP contribution in [0.1, 0.15) is 1.43 Å². The van der Waals surface area contributed by atoms with Crippen LogP contribution < -0.4 is 29.6 Å². The van der Waals surface area contributed by atoms with Crippen LogP contribution in [0.15, 0.2) is 0 Å². The van der Waals surface area contributed by atoms with Gasteiger partial charge in [-0.1, -0.05) is 0 Å². The number of carbonyl (C=O) groups is 1. The Morgan fingerprint density at radius 3 is 0.600 bits per heavy atom. The standard InChI is InChI=1S/CH2O3.Na.10H2O.H/c2-1(3)4;;;;;;;;;;;;/h(H2,2,3,4);;10*1H2;/q;+1;;;;;;;;;;;-1. The van der Waals surface area contributed by atoms with Gasteiger partial charge in [-0.15, -0.1) is 0 Å². The molecule has 0 aromatic carbocycles. The first-order valence-corrected chi connectivity index (χ1v) is 0.651. The molecule has 0 heterocycles. The van der Waals surface area contributed by atoms with Crippen molar-refractivity contribution in [3.8, 4) is 0 Å². The van der Waals surface area contributed by atoms with Gasteiger partial charge in [0.25, 0.3) is 0 Å². The third-order valence-corrected chi connectivity index (χ3v) is 0. The summed E-state index contributed by atoms with van der Waals surface area (Å²) in [5.74, 6) is 0. The van der Waals surface area contributed by atoms with Gasteiger partial charge in [0.1, 0.15) is 0 Å². The molecule has 0 rings (SSSR count). The molecule has 0 saturated heterocycles. The van der Waals surface area contributed by atoms with Crippen LogP contribution in [-0.4, -0.2) is 71.1 Å². The number of carboxylic acid groups (broad SMARTS) is 2. The summed E-state index contributed by atoms with van der Waals surface area (Å²) in [7, 11) is 0. The van der Waals surface area contributed by atoms with Crippen molar-refractivity contribution in [1.82, 2.24) is 0 Å². The Morgan fingerprint density at radius 2 is 0.600 bits per heavy atom. The molecule has 0 aliphatic carbocycles. The van der Waals surface area contributed by atoms with E-state index in [9.17, 15) is 0 Å². The zero-order valence-corrected chi connectivity index (χ0v) is 9.80. The van der Waals surface area contributed by atoms with Crippen LogP contribution in [0.25, 0.3) is 0 Å². The van der Waals surface area contributed by atoms with E-state index in [1.807, 2.05) is 0 Å². The first kappa shape index (κ1) is 347. The zero-order valence-electron chi connectivity index (χ0n) is 8.80. The summed E-state index contributed by atoms with van der Waals surface area (Å²) in [4.78, 5) is 8.56. The van der Waals surface area contributed by atoms with Crippen molar-refractivity contribution in [1.29, 1.82) is 0 Å². The third-order valence-electron chi connectivity index (χ3n) is 0. The van der Waals surface area contributed by atoms with Gasteiger partial charge in [-0.2, -0.15) is 0 Å². The topological polar surface area (TPSA) is 373 Å². The Balaban J connectivity index is -0.000000000682. The molecule has 0 saturated carbocycles. The molecule has 0 aliphatic rings. The van der Waals surface area contributed by atoms with Crippen molar-refractivity contribution in [3.63, 3.8) is 0 Å². The van der Waals surface area contributed by atoms with E-state index < -0.39 is 6.16 Å². The van der Waals surface area contributed by atoms with Gasteiger partial charge in [-0.05, 0) is 0 Å². The Hall–Kier alpha value is -0.130. The summed E-state index contributed by atoms with van der Waals surface area (Å²) in [6, 6.07) is 0. The predicted octanol–water partition coefficient (Wildman–Crippen LogP) is -10.9. The molecule has 22 N–H and O–H groups in total. The van der Waals surface area contributed by atoms with E-state index in [4.69, 9.17) is 15.0 Å². The Bertz CT molecular complexity index is 38.9. The van der Waals surface area contributed by atoms with Crippen molar-refractivity contribution in [3.05, 3.63) is 0 Å². The smallest absolute Gasteiger partial charge is 1.00 e. The zero-order chi connectivity index (χ0) is 3.58. The molecule has 14 heteroatoms. The first-order chi connectivity index (χ1) is 1.73. The van der Waals surface area contributed by atoms with Crippen LogP contribution in [0.4, 0.5) is 4.79 Å². The predicted molar refractivity (Wildman–Crippen MR) is 47.9 cm³/mol. The van der Waals surface area contributed by atoms with Crippen molar-refractivity contribution in [2.45, 2.75) is 0 Å².